The highest BCUT2D eigenvalue weighted by molar-refractivity contribution is 5.63. The Morgan fingerprint density at radius 2 is 1.88 bits per heavy atom. The highest BCUT2D eigenvalue weighted by Gasteiger charge is 2.44. The number of anilines is 2. The molecule has 6 rings (SSSR count). The summed E-state index contributed by atoms with van der Waals surface area (Å²) in [6.07, 6.45) is 10.3. The predicted octanol–water partition coefficient (Wildman–Crippen LogP) is 4.21. The first-order valence-electron chi connectivity index (χ1n) is 12.0. The molecule has 0 amide bonds. The standard InChI is InChI=1S/C27H30N4O/c32-26-22-8-2-1-7-21(22)16-25(29-26)30-14-11-27(12-15-30)19-31(18-20-6-5-13-28-17-20)24-10-4-3-9-23(24)27/h3-6,9-10,13,16-17H,1-2,7-8,11-12,14-15,18-19H2,(H,29,32). The number of fused-ring (bicyclic) bond motifs is 3. The molecule has 4 heterocycles. The van der Waals surface area contributed by atoms with Crippen LogP contribution in [-0.2, 0) is 24.8 Å². The van der Waals surface area contributed by atoms with E-state index in [4.69, 9.17) is 0 Å². The van der Waals surface area contributed by atoms with Crippen LogP contribution in [0.1, 0.15) is 47.9 Å². The van der Waals surface area contributed by atoms with Gasteiger partial charge in [-0.1, -0.05) is 24.3 Å². The van der Waals surface area contributed by atoms with Gasteiger partial charge in [0.2, 0.25) is 0 Å². The molecule has 0 radical (unpaired) electrons. The average molecular weight is 427 g/mol. The van der Waals surface area contributed by atoms with Crippen molar-refractivity contribution in [1.82, 2.24) is 9.97 Å². The van der Waals surface area contributed by atoms with Crippen molar-refractivity contribution in [2.24, 2.45) is 0 Å². The minimum Gasteiger partial charge on any atom is -0.366 e. The zero-order valence-electron chi connectivity index (χ0n) is 18.5. The summed E-state index contributed by atoms with van der Waals surface area (Å²) in [6.45, 7) is 3.90. The molecule has 0 saturated carbocycles. The van der Waals surface area contributed by atoms with Gasteiger partial charge in [-0.05, 0) is 73.4 Å². The van der Waals surface area contributed by atoms with Crippen LogP contribution in [0.25, 0.3) is 0 Å². The van der Waals surface area contributed by atoms with Gasteiger partial charge in [0.05, 0.1) is 0 Å². The van der Waals surface area contributed by atoms with Gasteiger partial charge in [0.15, 0.2) is 0 Å². The molecule has 5 heteroatoms. The van der Waals surface area contributed by atoms with Crippen molar-refractivity contribution in [3.05, 3.63) is 87.5 Å². The molecule has 1 aromatic carbocycles. The zero-order valence-corrected chi connectivity index (χ0v) is 18.5. The molecule has 3 aliphatic rings. The molecule has 1 fully saturated rings. The Kier molecular flexibility index (Phi) is 4.78. The lowest BCUT2D eigenvalue weighted by Gasteiger charge is -2.41. The first kappa shape index (κ1) is 19.6. The Morgan fingerprint density at radius 3 is 2.72 bits per heavy atom. The summed E-state index contributed by atoms with van der Waals surface area (Å²) in [6, 6.07) is 15.4. The van der Waals surface area contributed by atoms with E-state index in [0.29, 0.717) is 0 Å². The summed E-state index contributed by atoms with van der Waals surface area (Å²) in [5.41, 5.74) is 6.71. The van der Waals surface area contributed by atoms with E-state index in [1.54, 1.807) is 0 Å². The molecule has 0 atom stereocenters. The fraction of sp³-hybridized carbons (Fsp3) is 0.407. The second-order valence-corrected chi connectivity index (χ2v) is 9.70. The number of aromatic amines is 1. The minimum absolute atomic E-state index is 0.131. The zero-order chi connectivity index (χ0) is 21.5. The van der Waals surface area contributed by atoms with Crippen LogP contribution >= 0.6 is 0 Å². The van der Waals surface area contributed by atoms with Crippen molar-refractivity contribution in [3.63, 3.8) is 0 Å². The maximum absolute atomic E-state index is 12.7. The Hall–Kier alpha value is -3.08. The number of piperidine rings is 1. The number of nitrogens with zero attached hydrogens (tertiary/aromatic N) is 3. The summed E-state index contributed by atoms with van der Waals surface area (Å²) in [5, 5.41) is 0. The van der Waals surface area contributed by atoms with Gasteiger partial charge in [0, 0.05) is 55.2 Å². The number of rotatable bonds is 3. The molecule has 1 N–H and O–H groups in total. The van der Waals surface area contributed by atoms with Gasteiger partial charge in [-0.15, -0.1) is 0 Å². The van der Waals surface area contributed by atoms with Gasteiger partial charge in [-0.25, -0.2) is 0 Å². The Morgan fingerprint density at radius 1 is 1.03 bits per heavy atom. The number of aryl methyl sites for hydroxylation is 1. The van der Waals surface area contributed by atoms with E-state index >= 15 is 0 Å². The smallest absolute Gasteiger partial charge is 0.252 e. The number of hydrogen-bond donors (Lipinski definition) is 1. The number of hydrogen-bond acceptors (Lipinski definition) is 4. The van der Waals surface area contributed by atoms with E-state index in [2.05, 4.69) is 56.2 Å². The molecule has 0 bridgehead atoms. The molecular weight excluding hydrogens is 396 g/mol. The number of H-pyrrole nitrogens is 1. The predicted molar refractivity (Wildman–Crippen MR) is 129 cm³/mol. The number of nitrogens with one attached hydrogen (secondary N) is 1. The van der Waals surface area contributed by atoms with Crippen LogP contribution < -0.4 is 15.4 Å². The van der Waals surface area contributed by atoms with Gasteiger partial charge in [0.1, 0.15) is 5.82 Å². The van der Waals surface area contributed by atoms with E-state index < -0.39 is 0 Å². The van der Waals surface area contributed by atoms with Gasteiger partial charge < -0.3 is 14.8 Å². The molecule has 3 aromatic rings. The highest BCUT2D eigenvalue weighted by Crippen LogP contribution is 2.47. The van der Waals surface area contributed by atoms with Crippen LogP contribution in [0.5, 0.6) is 0 Å². The Labute approximate surface area is 189 Å². The number of pyridine rings is 2. The lowest BCUT2D eigenvalue weighted by atomic mass is 9.74. The molecule has 2 aromatic heterocycles. The Balaban J connectivity index is 1.24. The lowest BCUT2D eigenvalue weighted by molar-refractivity contribution is 0.349. The summed E-state index contributed by atoms with van der Waals surface area (Å²) in [7, 11) is 0. The fourth-order valence-corrected chi connectivity index (χ4v) is 6.10. The van der Waals surface area contributed by atoms with Gasteiger partial charge >= 0.3 is 0 Å². The van der Waals surface area contributed by atoms with E-state index in [9.17, 15) is 4.79 Å². The summed E-state index contributed by atoms with van der Waals surface area (Å²) in [4.78, 5) is 25.1. The largest absolute Gasteiger partial charge is 0.366 e. The SMILES string of the molecule is O=c1[nH]c(N2CCC3(CC2)CN(Cc2cccnc2)c2ccccc23)cc2c1CCCC2. The third kappa shape index (κ3) is 3.31. The fourth-order valence-electron chi connectivity index (χ4n) is 6.10. The Bertz CT molecular complexity index is 1180. The third-order valence-electron chi connectivity index (χ3n) is 7.80. The molecule has 5 nitrogen and oxygen atoms in total. The first-order chi connectivity index (χ1) is 15.7. The topological polar surface area (TPSA) is 52.2 Å². The molecule has 0 unspecified atom stereocenters. The summed E-state index contributed by atoms with van der Waals surface area (Å²) < 4.78 is 0. The van der Waals surface area contributed by atoms with Crippen LogP contribution in [0.15, 0.2) is 59.7 Å². The molecule has 32 heavy (non-hydrogen) atoms. The van der Waals surface area contributed by atoms with Gasteiger partial charge in [-0.3, -0.25) is 9.78 Å². The normalized spacial score (nSPS) is 19.1. The van der Waals surface area contributed by atoms with Crippen molar-refractivity contribution in [2.45, 2.75) is 50.5 Å². The van der Waals surface area contributed by atoms with Crippen molar-refractivity contribution >= 4 is 11.5 Å². The first-order valence-corrected chi connectivity index (χ1v) is 12.0. The lowest BCUT2D eigenvalue weighted by Crippen LogP contribution is -2.45. The van der Waals surface area contributed by atoms with E-state index in [0.717, 1.165) is 69.7 Å². The van der Waals surface area contributed by atoms with Crippen LogP contribution in [0.4, 0.5) is 11.5 Å². The van der Waals surface area contributed by atoms with Gasteiger partial charge in [0.25, 0.3) is 5.56 Å². The van der Waals surface area contributed by atoms with E-state index in [-0.39, 0.29) is 11.0 Å². The quantitative estimate of drug-likeness (QED) is 0.682. The van der Waals surface area contributed by atoms with Crippen molar-refractivity contribution < 1.29 is 0 Å². The third-order valence-corrected chi connectivity index (χ3v) is 7.80. The molecular formula is C27H30N4O. The maximum Gasteiger partial charge on any atom is 0.252 e. The van der Waals surface area contributed by atoms with E-state index in [1.165, 1.54) is 28.8 Å². The second-order valence-electron chi connectivity index (χ2n) is 9.70. The van der Waals surface area contributed by atoms with Crippen LogP contribution in [0.3, 0.4) is 0 Å². The number of benzene rings is 1. The second kappa shape index (κ2) is 7.80. The number of para-hydroxylation sites is 1. The monoisotopic (exact) mass is 426 g/mol. The van der Waals surface area contributed by atoms with Crippen LogP contribution in [-0.4, -0.2) is 29.6 Å². The van der Waals surface area contributed by atoms with Crippen molar-refractivity contribution in [2.75, 3.05) is 29.4 Å². The maximum atomic E-state index is 12.7. The van der Waals surface area contributed by atoms with Crippen LogP contribution in [0, 0.1) is 0 Å². The van der Waals surface area contributed by atoms with Gasteiger partial charge in [-0.2, -0.15) is 0 Å². The van der Waals surface area contributed by atoms with E-state index in [1.807, 2.05) is 18.5 Å². The molecule has 1 spiro atoms. The minimum atomic E-state index is 0.131. The molecule has 1 saturated heterocycles. The average Bonchev–Trinajstić information content (AvgIpc) is 3.13. The van der Waals surface area contributed by atoms with Crippen molar-refractivity contribution in [1.29, 1.82) is 0 Å². The van der Waals surface area contributed by atoms with Crippen molar-refractivity contribution in [3.8, 4) is 0 Å². The summed E-state index contributed by atoms with van der Waals surface area (Å²) >= 11 is 0. The number of aromatic nitrogens is 2. The van der Waals surface area contributed by atoms with Crippen LogP contribution in [0.2, 0.25) is 0 Å². The highest BCUT2D eigenvalue weighted by atomic mass is 16.1. The molecule has 164 valence electrons. The molecule has 2 aliphatic heterocycles. The summed E-state index contributed by atoms with van der Waals surface area (Å²) in [5.74, 6) is 1.02. The molecule has 1 aliphatic carbocycles.